The Hall–Kier alpha value is -2.91. The molecule has 4 heterocycles. The number of nitrogens with zero attached hydrogens (tertiary/aromatic N) is 6. The van der Waals surface area contributed by atoms with Gasteiger partial charge in [0.05, 0.1) is 35.6 Å². The molecule has 1 aliphatic carbocycles. The molecule has 6 rings (SSSR count). The molecule has 216 valence electrons. The predicted molar refractivity (Wildman–Crippen MR) is 146 cm³/mol. The topological polar surface area (TPSA) is 116 Å². The monoisotopic (exact) mass is 597 g/mol. The first kappa shape index (κ1) is 27.3. The van der Waals surface area contributed by atoms with Crippen molar-refractivity contribution in [3.8, 4) is 17.1 Å². The Kier molecular flexibility index (Phi) is 6.94. The molecule has 10 nitrogen and oxygen atoms in total. The van der Waals surface area contributed by atoms with Gasteiger partial charge in [-0.15, -0.1) is 5.10 Å². The van der Waals surface area contributed by atoms with E-state index in [9.17, 15) is 21.6 Å². The second-order valence-corrected chi connectivity index (χ2v) is 13.6. The largest absolute Gasteiger partial charge is 0.395 e. The number of piperidine rings is 2. The minimum Gasteiger partial charge on any atom is -0.395 e. The average Bonchev–Trinajstić information content (AvgIpc) is 3.29. The van der Waals surface area contributed by atoms with Crippen molar-refractivity contribution >= 4 is 37.9 Å². The van der Waals surface area contributed by atoms with E-state index >= 15 is 0 Å². The lowest BCUT2D eigenvalue weighted by atomic mass is 9.93. The number of benzene rings is 1. The number of rotatable bonds is 8. The van der Waals surface area contributed by atoms with Gasteiger partial charge in [0.15, 0.2) is 5.13 Å². The maximum absolute atomic E-state index is 14.9. The zero-order chi connectivity index (χ0) is 28.1. The number of anilines is 3. The fraction of sp³-hybridized carbons (Fsp3) is 0.560. The highest BCUT2D eigenvalue weighted by molar-refractivity contribution is 7.92. The lowest BCUT2D eigenvalue weighted by molar-refractivity contribution is -0.0220. The van der Waals surface area contributed by atoms with Gasteiger partial charge in [0.1, 0.15) is 11.4 Å². The van der Waals surface area contributed by atoms with E-state index in [2.05, 4.69) is 24.9 Å². The van der Waals surface area contributed by atoms with Crippen molar-refractivity contribution in [3.05, 3.63) is 29.5 Å². The third kappa shape index (κ3) is 5.63. The summed E-state index contributed by atoms with van der Waals surface area (Å²) in [6.07, 6.45) is 5.53. The van der Waals surface area contributed by atoms with E-state index in [1.54, 1.807) is 29.3 Å². The molecular weight excluding hydrogens is 567 g/mol. The SMILES string of the molecule is O=S(=O)(CCO)Nc1ccc(-n2cc(-c3nc(N4CCC(F)(F)CC4)sc3F)nn2)c(N2CCC3(CC2)CC3)c1. The van der Waals surface area contributed by atoms with Gasteiger partial charge in [-0.3, -0.25) is 4.72 Å². The number of sulfonamides is 1. The number of hydrogen-bond acceptors (Lipinski definition) is 9. The fourth-order valence-corrected chi connectivity index (χ4v) is 7.07. The smallest absolute Gasteiger partial charge is 0.251 e. The molecule has 3 fully saturated rings. The number of aliphatic hydroxyl groups excluding tert-OH is 1. The Morgan fingerprint density at radius 3 is 2.38 bits per heavy atom. The van der Waals surface area contributed by atoms with E-state index in [0.29, 0.717) is 21.9 Å². The minimum atomic E-state index is -3.72. The van der Waals surface area contributed by atoms with Gasteiger partial charge in [-0.1, -0.05) is 16.6 Å². The number of aliphatic hydroxyl groups is 1. The van der Waals surface area contributed by atoms with E-state index in [1.807, 2.05) is 0 Å². The van der Waals surface area contributed by atoms with Crippen LogP contribution in [0.15, 0.2) is 24.4 Å². The third-order valence-corrected chi connectivity index (χ3v) is 10.2. The lowest BCUT2D eigenvalue weighted by Gasteiger charge is -2.35. The maximum Gasteiger partial charge on any atom is 0.251 e. The van der Waals surface area contributed by atoms with Crippen LogP contribution < -0.4 is 14.5 Å². The van der Waals surface area contributed by atoms with Gasteiger partial charge in [0, 0.05) is 39.0 Å². The van der Waals surface area contributed by atoms with Gasteiger partial charge in [-0.2, -0.15) is 4.39 Å². The molecule has 0 atom stereocenters. The summed E-state index contributed by atoms with van der Waals surface area (Å²) in [5, 5.41) is 17.2. The van der Waals surface area contributed by atoms with Gasteiger partial charge in [0.25, 0.3) is 5.92 Å². The average molecular weight is 598 g/mol. The van der Waals surface area contributed by atoms with E-state index in [0.717, 1.165) is 43.0 Å². The van der Waals surface area contributed by atoms with Crippen LogP contribution >= 0.6 is 11.3 Å². The highest BCUT2D eigenvalue weighted by atomic mass is 32.2. The van der Waals surface area contributed by atoms with E-state index in [4.69, 9.17) is 5.11 Å². The van der Waals surface area contributed by atoms with E-state index in [-0.39, 0.29) is 37.3 Å². The number of aromatic nitrogens is 4. The van der Waals surface area contributed by atoms with E-state index < -0.39 is 33.4 Å². The zero-order valence-electron chi connectivity index (χ0n) is 21.7. The number of hydrogen-bond donors (Lipinski definition) is 2. The molecule has 40 heavy (non-hydrogen) atoms. The zero-order valence-corrected chi connectivity index (χ0v) is 23.3. The minimum absolute atomic E-state index is 0.00663. The Balaban J connectivity index is 1.28. The Morgan fingerprint density at radius 2 is 1.70 bits per heavy atom. The van der Waals surface area contributed by atoms with Gasteiger partial charge in [-0.25, -0.2) is 26.9 Å². The van der Waals surface area contributed by atoms with Crippen molar-refractivity contribution < 1.29 is 26.7 Å². The number of halogens is 3. The Bertz CT molecular complexity index is 1490. The summed E-state index contributed by atoms with van der Waals surface area (Å²) in [7, 11) is -3.72. The molecule has 2 saturated heterocycles. The molecule has 0 unspecified atom stereocenters. The Morgan fingerprint density at radius 1 is 1.00 bits per heavy atom. The highest BCUT2D eigenvalue weighted by Crippen LogP contribution is 2.54. The summed E-state index contributed by atoms with van der Waals surface area (Å²) < 4.78 is 70.7. The summed E-state index contributed by atoms with van der Waals surface area (Å²) in [5.41, 5.74) is 2.40. The molecule has 1 spiro atoms. The first-order valence-electron chi connectivity index (χ1n) is 13.3. The second kappa shape index (κ2) is 10.2. The van der Waals surface area contributed by atoms with Crippen molar-refractivity contribution in [2.75, 3.05) is 53.1 Å². The standard InChI is InChI=1S/C25H30F3N7O3S2/c26-22-21(29-23(39-22)34-11-7-25(27,28)8-12-34)18-16-35(32-30-18)19-2-1-17(31-40(37,38)14-13-36)15-20(19)33-9-5-24(3-4-24)6-10-33/h1-2,15-16,31,36H,3-14H2. The predicted octanol–water partition coefficient (Wildman–Crippen LogP) is 3.88. The molecule has 2 aliphatic heterocycles. The molecule has 1 aromatic carbocycles. The van der Waals surface area contributed by atoms with Crippen LogP contribution in [0.2, 0.25) is 0 Å². The molecule has 0 radical (unpaired) electrons. The van der Waals surface area contributed by atoms with E-state index in [1.165, 1.54) is 17.5 Å². The van der Waals surface area contributed by atoms with Crippen LogP contribution in [0, 0.1) is 10.5 Å². The normalized spacial score (nSPS) is 20.2. The molecule has 1 saturated carbocycles. The van der Waals surface area contributed by atoms with Crippen LogP contribution in [-0.4, -0.2) is 78.0 Å². The van der Waals surface area contributed by atoms with Crippen LogP contribution in [0.25, 0.3) is 17.1 Å². The summed E-state index contributed by atoms with van der Waals surface area (Å²) >= 11 is 0.799. The first-order chi connectivity index (χ1) is 19.1. The second-order valence-electron chi connectivity index (χ2n) is 10.8. The fourth-order valence-electron chi connectivity index (χ4n) is 5.38. The summed E-state index contributed by atoms with van der Waals surface area (Å²) in [4.78, 5) is 8.22. The molecule has 15 heteroatoms. The lowest BCUT2D eigenvalue weighted by Crippen LogP contribution is -2.39. The Labute approximate surface area is 233 Å². The molecular formula is C25H30F3N7O3S2. The van der Waals surface area contributed by atoms with Crippen LogP contribution in [0.5, 0.6) is 0 Å². The number of alkyl halides is 2. The van der Waals surface area contributed by atoms with Gasteiger partial charge < -0.3 is 14.9 Å². The van der Waals surface area contributed by atoms with Crippen LogP contribution in [-0.2, 0) is 10.0 Å². The summed E-state index contributed by atoms with van der Waals surface area (Å²) in [5.74, 6) is -3.12. The number of nitrogens with one attached hydrogen (secondary N) is 1. The van der Waals surface area contributed by atoms with Crippen molar-refractivity contribution in [1.29, 1.82) is 0 Å². The van der Waals surface area contributed by atoms with Crippen molar-refractivity contribution in [1.82, 2.24) is 20.0 Å². The molecule has 0 bridgehead atoms. The van der Waals surface area contributed by atoms with Crippen molar-refractivity contribution in [3.63, 3.8) is 0 Å². The molecule has 2 aromatic heterocycles. The van der Waals surface area contributed by atoms with Crippen molar-refractivity contribution in [2.45, 2.75) is 44.4 Å². The molecule has 3 aliphatic rings. The highest BCUT2D eigenvalue weighted by Gasteiger charge is 2.44. The molecule has 3 aromatic rings. The number of thiazole rings is 1. The van der Waals surface area contributed by atoms with Crippen LogP contribution in [0.3, 0.4) is 0 Å². The van der Waals surface area contributed by atoms with Crippen molar-refractivity contribution in [2.24, 2.45) is 5.41 Å². The van der Waals surface area contributed by atoms with Gasteiger partial charge >= 0.3 is 0 Å². The quantitative estimate of drug-likeness (QED) is 0.402. The van der Waals surface area contributed by atoms with Crippen LogP contribution in [0.1, 0.15) is 38.5 Å². The third-order valence-electron chi connectivity index (χ3n) is 8.05. The van der Waals surface area contributed by atoms with Gasteiger partial charge in [-0.05, 0) is 49.3 Å². The molecule has 0 amide bonds. The first-order valence-corrected chi connectivity index (χ1v) is 15.7. The van der Waals surface area contributed by atoms with Crippen LogP contribution in [0.4, 0.5) is 29.7 Å². The molecule has 2 N–H and O–H groups in total. The van der Waals surface area contributed by atoms with Gasteiger partial charge in [0.2, 0.25) is 15.2 Å². The summed E-state index contributed by atoms with van der Waals surface area (Å²) in [6, 6.07) is 5.07. The summed E-state index contributed by atoms with van der Waals surface area (Å²) in [6.45, 7) is 1.32. The maximum atomic E-state index is 14.9.